The van der Waals surface area contributed by atoms with Gasteiger partial charge < -0.3 is 25.2 Å². The van der Waals surface area contributed by atoms with Crippen molar-refractivity contribution in [3.8, 4) is 0 Å². The molecule has 1 aliphatic rings. The molecule has 8 nitrogen and oxygen atoms in total. The van der Waals surface area contributed by atoms with E-state index in [1.807, 2.05) is 67.6 Å². The van der Waals surface area contributed by atoms with Gasteiger partial charge in [-0.3, -0.25) is 4.79 Å². The Morgan fingerprint density at radius 3 is 1.97 bits per heavy atom. The molecule has 0 aliphatic carbocycles. The van der Waals surface area contributed by atoms with Crippen LogP contribution in [0.5, 0.6) is 0 Å². The van der Waals surface area contributed by atoms with E-state index < -0.39 is 30.1 Å². The van der Waals surface area contributed by atoms with Crippen LogP contribution in [0, 0.1) is 5.92 Å². The molecule has 3 N–H and O–H groups in total. The molecule has 2 aromatic carbocycles. The van der Waals surface area contributed by atoms with Gasteiger partial charge in [0.2, 0.25) is 5.91 Å². The van der Waals surface area contributed by atoms with Gasteiger partial charge >= 0.3 is 18.1 Å². The van der Waals surface area contributed by atoms with Gasteiger partial charge in [0.15, 0.2) is 0 Å². The lowest BCUT2D eigenvalue weighted by atomic mass is 9.93. The van der Waals surface area contributed by atoms with Crippen molar-refractivity contribution >= 4 is 17.8 Å². The summed E-state index contributed by atoms with van der Waals surface area (Å²) in [5.74, 6) is -4.43. The average molecular weight is 539 g/mol. The number of alkyl halides is 3. The molecule has 0 spiro atoms. The SMILES string of the molecule is CO[C@@H]([C@@H]1CCCN1)[C@@H](C)C(=O)N(Cc1ccccc1)[C@@H](Cc1ccccc1)C(=O)O.O=C(O)C(F)(F)F. The van der Waals surface area contributed by atoms with Gasteiger partial charge in [-0.25, -0.2) is 9.59 Å². The Morgan fingerprint density at radius 2 is 1.55 bits per heavy atom. The molecule has 0 saturated carbocycles. The molecule has 0 unspecified atom stereocenters. The van der Waals surface area contributed by atoms with E-state index in [-0.39, 0.29) is 31.0 Å². The van der Waals surface area contributed by atoms with Gasteiger partial charge in [0.05, 0.1) is 12.0 Å². The van der Waals surface area contributed by atoms with Gasteiger partial charge in [0.25, 0.3) is 0 Å². The largest absolute Gasteiger partial charge is 0.490 e. The van der Waals surface area contributed by atoms with Crippen LogP contribution in [0.15, 0.2) is 60.7 Å². The molecule has 11 heteroatoms. The van der Waals surface area contributed by atoms with Crippen molar-refractivity contribution < 1.29 is 42.5 Å². The molecule has 1 aliphatic heterocycles. The number of hydrogen-bond acceptors (Lipinski definition) is 5. The Kier molecular flexibility index (Phi) is 11.7. The van der Waals surface area contributed by atoms with Gasteiger partial charge in [-0.15, -0.1) is 0 Å². The molecule has 3 rings (SSSR count). The van der Waals surface area contributed by atoms with Gasteiger partial charge in [-0.2, -0.15) is 13.2 Å². The van der Waals surface area contributed by atoms with Crippen LogP contribution in [0.25, 0.3) is 0 Å². The molecule has 4 atom stereocenters. The monoisotopic (exact) mass is 538 g/mol. The number of methoxy groups -OCH3 is 1. The normalized spacial score (nSPS) is 17.4. The van der Waals surface area contributed by atoms with Crippen molar-refractivity contribution in [3.63, 3.8) is 0 Å². The third-order valence-electron chi connectivity index (χ3n) is 6.30. The number of carbonyl (C=O) groups is 3. The summed E-state index contributed by atoms with van der Waals surface area (Å²) in [6.07, 6.45) is -3.15. The van der Waals surface area contributed by atoms with Gasteiger partial charge in [-0.1, -0.05) is 67.6 Å². The Hall–Kier alpha value is -3.44. The van der Waals surface area contributed by atoms with E-state index in [1.54, 1.807) is 7.11 Å². The molecule has 1 heterocycles. The predicted molar refractivity (Wildman–Crippen MR) is 133 cm³/mol. The zero-order chi connectivity index (χ0) is 28.3. The lowest BCUT2D eigenvalue weighted by Crippen LogP contribution is -2.52. The molecule has 1 fully saturated rings. The Morgan fingerprint density at radius 1 is 1.03 bits per heavy atom. The fourth-order valence-corrected chi connectivity index (χ4v) is 4.40. The van der Waals surface area contributed by atoms with Crippen LogP contribution in [0.2, 0.25) is 0 Å². The third-order valence-corrected chi connectivity index (χ3v) is 6.30. The molecule has 208 valence electrons. The number of amides is 1. The Labute approximate surface area is 219 Å². The molecular weight excluding hydrogens is 505 g/mol. The van der Waals surface area contributed by atoms with Crippen LogP contribution in [-0.4, -0.2) is 71.0 Å². The average Bonchev–Trinajstić information content (AvgIpc) is 3.41. The Bertz CT molecular complexity index is 1030. The molecule has 38 heavy (non-hydrogen) atoms. The van der Waals surface area contributed by atoms with E-state index in [0.29, 0.717) is 0 Å². The maximum atomic E-state index is 13.7. The number of carboxylic acids is 2. The zero-order valence-electron chi connectivity index (χ0n) is 21.2. The van der Waals surface area contributed by atoms with Crippen molar-refractivity contribution in [2.24, 2.45) is 5.92 Å². The van der Waals surface area contributed by atoms with Gasteiger partial charge in [0, 0.05) is 26.1 Å². The van der Waals surface area contributed by atoms with E-state index in [1.165, 1.54) is 4.90 Å². The van der Waals surface area contributed by atoms with E-state index in [2.05, 4.69) is 5.32 Å². The highest BCUT2D eigenvalue weighted by Gasteiger charge is 2.39. The number of aliphatic carboxylic acids is 2. The second-order valence-corrected chi connectivity index (χ2v) is 8.99. The van der Waals surface area contributed by atoms with Crippen LogP contribution in [0.3, 0.4) is 0 Å². The molecule has 0 radical (unpaired) electrons. The summed E-state index contributed by atoms with van der Waals surface area (Å²) in [5.41, 5.74) is 1.78. The smallest absolute Gasteiger partial charge is 0.480 e. The lowest BCUT2D eigenvalue weighted by Gasteiger charge is -2.35. The van der Waals surface area contributed by atoms with Gasteiger partial charge in [0.1, 0.15) is 6.04 Å². The van der Waals surface area contributed by atoms with Crippen molar-refractivity contribution in [1.82, 2.24) is 10.2 Å². The topological polar surface area (TPSA) is 116 Å². The predicted octanol–water partition coefficient (Wildman–Crippen LogP) is 3.75. The minimum Gasteiger partial charge on any atom is -0.480 e. The van der Waals surface area contributed by atoms with Crippen LogP contribution in [-0.2, 0) is 32.1 Å². The summed E-state index contributed by atoms with van der Waals surface area (Å²) >= 11 is 0. The Balaban J connectivity index is 0.000000638. The number of carboxylic acid groups (broad SMARTS) is 2. The molecule has 0 bridgehead atoms. The van der Waals surface area contributed by atoms with Crippen LogP contribution < -0.4 is 5.32 Å². The molecule has 2 aromatic rings. The zero-order valence-corrected chi connectivity index (χ0v) is 21.2. The maximum absolute atomic E-state index is 13.7. The van der Waals surface area contributed by atoms with E-state index in [4.69, 9.17) is 14.6 Å². The minimum atomic E-state index is -5.08. The van der Waals surface area contributed by atoms with Crippen molar-refractivity contribution in [3.05, 3.63) is 71.8 Å². The number of hydrogen-bond donors (Lipinski definition) is 3. The van der Waals surface area contributed by atoms with Gasteiger partial charge in [-0.05, 0) is 30.5 Å². The van der Waals surface area contributed by atoms with Crippen molar-refractivity contribution in [2.45, 2.75) is 57.1 Å². The number of ether oxygens (including phenoxy) is 1. The summed E-state index contributed by atoms with van der Waals surface area (Å²) in [5, 5.41) is 20.6. The summed E-state index contributed by atoms with van der Waals surface area (Å²) in [6.45, 7) is 2.99. The second-order valence-electron chi connectivity index (χ2n) is 8.99. The summed E-state index contributed by atoms with van der Waals surface area (Å²) in [6, 6.07) is 18.1. The standard InChI is InChI=1S/C25H32N2O4.C2HF3O2/c1-18(23(31-2)21-14-9-15-26-21)24(28)27(17-20-12-7-4-8-13-20)22(25(29)30)16-19-10-5-3-6-11-19;3-2(4,5)1(6)7/h3-8,10-13,18,21-23,26H,9,14-17H2,1-2H3,(H,29,30);(H,6,7)/t18-,21+,22+,23-;/m1./s1. The summed E-state index contributed by atoms with van der Waals surface area (Å²) in [4.78, 5) is 36.4. The van der Waals surface area contributed by atoms with Crippen LogP contribution >= 0.6 is 0 Å². The highest BCUT2D eigenvalue weighted by molar-refractivity contribution is 5.85. The molecular formula is C27H33F3N2O6. The second kappa shape index (κ2) is 14.5. The number of rotatable bonds is 10. The van der Waals surface area contributed by atoms with E-state index >= 15 is 0 Å². The number of benzene rings is 2. The fraction of sp³-hybridized carbons (Fsp3) is 0.444. The maximum Gasteiger partial charge on any atom is 0.490 e. The first kappa shape index (κ1) is 30.8. The first-order chi connectivity index (χ1) is 18.0. The lowest BCUT2D eigenvalue weighted by molar-refractivity contribution is -0.192. The number of nitrogens with zero attached hydrogens (tertiary/aromatic N) is 1. The highest BCUT2D eigenvalue weighted by Crippen LogP contribution is 2.24. The molecule has 1 amide bonds. The van der Waals surface area contributed by atoms with Crippen LogP contribution in [0.4, 0.5) is 13.2 Å². The van der Waals surface area contributed by atoms with Crippen molar-refractivity contribution in [2.75, 3.05) is 13.7 Å². The summed E-state index contributed by atoms with van der Waals surface area (Å²) < 4.78 is 37.5. The first-order valence-electron chi connectivity index (χ1n) is 12.1. The third kappa shape index (κ3) is 9.14. The first-order valence-corrected chi connectivity index (χ1v) is 12.1. The molecule has 1 saturated heterocycles. The van der Waals surface area contributed by atoms with E-state index in [0.717, 1.165) is 30.5 Å². The molecule has 0 aromatic heterocycles. The number of nitrogens with one attached hydrogen (secondary N) is 1. The highest BCUT2D eigenvalue weighted by atomic mass is 19.4. The minimum absolute atomic E-state index is 0.0972. The fourth-order valence-electron chi connectivity index (χ4n) is 4.40. The van der Waals surface area contributed by atoms with Crippen LogP contribution in [0.1, 0.15) is 30.9 Å². The van der Waals surface area contributed by atoms with Crippen molar-refractivity contribution in [1.29, 1.82) is 0 Å². The number of carbonyl (C=O) groups excluding carboxylic acids is 1. The van der Waals surface area contributed by atoms with E-state index in [9.17, 15) is 27.9 Å². The number of halogens is 3. The summed E-state index contributed by atoms with van der Waals surface area (Å²) in [7, 11) is 1.62. The quantitative estimate of drug-likeness (QED) is 0.422.